The average molecular weight is 429 g/mol. The molecule has 1 aromatic carbocycles. The van der Waals surface area contributed by atoms with Crippen molar-refractivity contribution in [3.8, 4) is 0 Å². The third-order valence-corrected chi connectivity index (χ3v) is 7.27. The maximum absolute atomic E-state index is 12.4. The molecular formula is C24H32N2O3S. The second kappa shape index (κ2) is 9.16. The van der Waals surface area contributed by atoms with Crippen molar-refractivity contribution < 1.29 is 13.9 Å². The molecule has 2 atom stereocenters. The maximum Gasteiger partial charge on any atom is 0.230 e. The number of likely N-dealkylation sites (tertiary alicyclic amines) is 1. The summed E-state index contributed by atoms with van der Waals surface area (Å²) in [5, 5.41) is 3.26. The van der Waals surface area contributed by atoms with E-state index in [0.717, 1.165) is 50.4 Å². The first-order chi connectivity index (χ1) is 14.6. The zero-order chi connectivity index (χ0) is 21.1. The Hall–Kier alpha value is -1.76. The normalized spacial score (nSPS) is 22.9. The monoisotopic (exact) mass is 428 g/mol. The molecule has 1 spiro atoms. The number of nitrogens with zero attached hydrogens (tertiary/aromatic N) is 1. The molecule has 2 aliphatic rings. The van der Waals surface area contributed by atoms with Gasteiger partial charge in [0.15, 0.2) is 0 Å². The van der Waals surface area contributed by atoms with Crippen LogP contribution in [0.1, 0.15) is 48.5 Å². The highest BCUT2D eigenvalue weighted by atomic mass is 32.2. The van der Waals surface area contributed by atoms with E-state index >= 15 is 0 Å². The Morgan fingerprint density at radius 2 is 1.97 bits per heavy atom. The number of carbonyl (C=O) groups excluding carboxylic acids is 1. The van der Waals surface area contributed by atoms with Crippen LogP contribution in [-0.4, -0.2) is 49.1 Å². The van der Waals surface area contributed by atoms with Crippen LogP contribution in [0.25, 0.3) is 0 Å². The number of benzene rings is 1. The number of nitrogens with one attached hydrogen (secondary N) is 1. The number of ether oxygens (including phenoxy) is 1. The van der Waals surface area contributed by atoms with E-state index in [1.54, 1.807) is 18.9 Å². The topological polar surface area (TPSA) is 54.7 Å². The fourth-order valence-corrected chi connectivity index (χ4v) is 5.65. The highest BCUT2D eigenvalue weighted by Gasteiger charge is 2.53. The smallest absolute Gasteiger partial charge is 0.230 e. The van der Waals surface area contributed by atoms with Gasteiger partial charge in [-0.25, -0.2) is 0 Å². The molecule has 5 nitrogen and oxygen atoms in total. The fraction of sp³-hybridized carbons (Fsp3) is 0.542. The van der Waals surface area contributed by atoms with Crippen molar-refractivity contribution in [2.75, 3.05) is 32.2 Å². The minimum Gasteiger partial charge on any atom is -0.465 e. The van der Waals surface area contributed by atoms with Crippen molar-refractivity contribution in [3.63, 3.8) is 0 Å². The van der Waals surface area contributed by atoms with E-state index in [0.29, 0.717) is 5.75 Å². The number of hydrogen-bond acceptors (Lipinski definition) is 5. The van der Waals surface area contributed by atoms with E-state index in [4.69, 9.17) is 9.15 Å². The van der Waals surface area contributed by atoms with Crippen molar-refractivity contribution in [2.24, 2.45) is 0 Å². The number of furan rings is 1. The Morgan fingerprint density at radius 3 is 2.63 bits per heavy atom. The van der Waals surface area contributed by atoms with Gasteiger partial charge in [0.25, 0.3) is 0 Å². The van der Waals surface area contributed by atoms with Gasteiger partial charge in [-0.15, -0.1) is 0 Å². The minimum atomic E-state index is -0.0883. The molecule has 2 heterocycles. The van der Waals surface area contributed by atoms with Crippen LogP contribution < -0.4 is 5.32 Å². The number of fused-ring (bicyclic) bond motifs is 2. The maximum atomic E-state index is 12.4. The zero-order valence-electron chi connectivity index (χ0n) is 18.1. The van der Waals surface area contributed by atoms with E-state index in [-0.39, 0.29) is 23.5 Å². The summed E-state index contributed by atoms with van der Waals surface area (Å²) in [6.45, 7) is 4.94. The summed E-state index contributed by atoms with van der Waals surface area (Å²) in [4.78, 5) is 14.9. The van der Waals surface area contributed by atoms with Crippen molar-refractivity contribution in [1.82, 2.24) is 10.2 Å². The van der Waals surface area contributed by atoms with Crippen LogP contribution in [0.3, 0.4) is 0 Å². The molecule has 1 saturated heterocycles. The van der Waals surface area contributed by atoms with Gasteiger partial charge in [-0.2, -0.15) is 11.8 Å². The Kier molecular flexibility index (Phi) is 6.56. The molecule has 1 amide bonds. The minimum absolute atomic E-state index is 0.0434. The first-order valence-corrected chi connectivity index (χ1v) is 12.2. The highest BCUT2D eigenvalue weighted by molar-refractivity contribution is 7.99. The largest absolute Gasteiger partial charge is 0.465 e. The molecule has 1 fully saturated rings. The van der Waals surface area contributed by atoms with Crippen LogP contribution in [0.5, 0.6) is 0 Å². The molecular weight excluding hydrogens is 396 g/mol. The lowest BCUT2D eigenvalue weighted by Gasteiger charge is -2.44. The summed E-state index contributed by atoms with van der Waals surface area (Å²) in [5.74, 6) is 2.63. The molecule has 30 heavy (non-hydrogen) atoms. The van der Waals surface area contributed by atoms with Crippen LogP contribution in [0.4, 0.5) is 0 Å². The molecule has 0 unspecified atom stereocenters. The van der Waals surface area contributed by atoms with E-state index in [1.807, 2.05) is 6.26 Å². The van der Waals surface area contributed by atoms with E-state index < -0.39 is 0 Å². The van der Waals surface area contributed by atoms with Crippen LogP contribution >= 0.6 is 11.8 Å². The number of methoxy groups -OCH3 is 1. The number of hydrogen-bond donors (Lipinski definition) is 1. The first kappa shape index (κ1) is 21.5. The summed E-state index contributed by atoms with van der Waals surface area (Å²) >= 11 is 1.55. The Labute approximate surface area is 183 Å². The second-order valence-corrected chi connectivity index (χ2v) is 9.24. The fourth-order valence-electron chi connectivity index (χ4n) is 5.30. The Balaban J connectivity index is 1.53. The van der Waals surface area contributed by atoms with E-state index in [1.165, 1.54) is 11.1 Å². The predicted octanol–water partition coefficient (Wildman–Crippen LogP) is 3.92. The SMILES string of the molecule is CCc1ccc(CN2CCC3(CC2)c2ccccc2[C@@H](NC(=O)CSC)[C@@H]3OC)o1. The summed E-state index contributed by atoms with van der Waals surface area (Å²) in [6, 6.07) is 12.7. The van der Waals surface area contributed by atoms with Gasteiger partial charge in [0.2, 0.25) is 5.91 Å². The number of thioether (sulfide) groups is 1. The number of carbonyl (C=O) groups is 1. The first-order valence-electron chi connectivity index (χ1n) is 10.8. The van der Waals surface area contributed by atoms with Gasteiger partial charge in [0.05, 0.1) is 24.4 Å². The molecule has 1 aliphatic carbocycles. The number of piperidine rings is 1. The van der Waals surface area contributed by atoms with Gasteiger partial charge in [0, 0.05) is 18.9 Å². The van der Waals surface area contributed by atoms with Crippen molar-refractivity contribution in [3.05, 3.63) is 59.0 Å². The molecule has 2 aromatic rings. The van der Waals surface area contributed by atoms with Gasteiger partial charge < -0.3 is 14.5 Å². The third kappa shape index (κ3) is 3.93. The lowest BCUT2D eigenvalue weighted by atomic mass is 9.72. The summed E-state index contributed by atoms with van der Waals surface area (Å²) < 4.78 is 12.0. The average Bonchev–Trinajstić information content (AvgIpc) is 3.31. The van der Waals surface area contributed by atoms with Crippen LogP contribution in [0, 0.1) is 0 Å². The van der Waals surface area contributed by atoms with Gasteiger partial charge in [0.1, 0.15) is 11.5 Å². The highest BCUT2D eigenvalue weighted by Crippen LogP contribution is 2.52. The summed E-state index contributed by atoms with van der Waals surface area (Å²) in [6.07, 6.45) is 4.87. The van der Waals surface area contributed by atoms with Gasteiger partial charge in [-0.05, 0) is 55.4 Å². The molecule has 0 radical (unpaired) electrons. The van der Waals surface area contributed by atoms with Crippen LogP contribution in [-0.2, 0) is 27.9 Å². The van der Waals surface area contributed by atoms with Crippen molar-refractivity contribution >= 4 is 17.7 Å². The van der Waals surface area contributed by atoms with Crippen molar-refractivity contribution in [1.29, 1.82) is 0 Å². The molecule has 162 valence electrons. The van der Waals surface area contributed by atoms with Gasteiger partial charge in [-0.1, -0.05) is 31.2 Å². The third-order valence-electron chi connectivity index (χ3n) is 6.72. The lowest BCUT2D eigenvalue weighted by molar-refractivity contribution is -0.121. The van der Waals surface area contributed by atoms with E-state index in [9.17, 15) is 4.79 Å². The van der Waals surface area contributed by atoms with Gasteiger partial charge >= 0.3 is 0 Å². The van der Waals surface area contributed by atoms with Gasteiger partial charge in [-0.3, -0.25) is 9.69 Å². The summed E-state index contributed by atoms with van der Waals surface area (Å²) in [5.41, 5.74) is 2.50. The van der Waals surface area contributed by atoms with E-state index in [2.05, 4.69) is 53.5 Å². The Morgan fingerprint density at radius 1 is 1.23 bits per heavy atom. The standard InChI is InChI=1S/C24H32N2O3S/c1-4-17-9-10-18(29-17)15-26-13-11-24(12-14-26)20-8-6-5-7-19(20)22(23(24)28-2)25-21(27)16-30-3/h5-10,22-23H,4,11-16H2,1-3H3,(H,25,27)/t22-,23+/m1/s1. The quantitative estimate of drug-likeness (QED) is 0.724. The van der Waals surface area contributed by atoms with Crippen molar-refractivity contribution in [2.45, 2.75) is 50.3 Å². The molecule has 1 aliphatic heterocycles. The zero-order valence-corrected chi connectivity index (χ0v) is 19.0. The second-order valence-electron chi connectivity index (χ2n) is 8.38. The predicted molar refractivity (Wildman–Crippen MR) is 121 cm³/mol. The molecule has 1 N–H and O–H groups in total. The molecule has 4 rings (SSSR count). The number of amides is 1. The Bertz CT molecular complexity index is 873. The van der Waals surface area contributed by atoms with Crippen LogP contribution in [0.15, 0.2) is 40.8 Å². The van der Waals surface area contributed by atoms with Crippen LogP contribution in [0.2, 0.25) is 0 Å². The molecule has 6 heteroatoms. The number of rotatable bonds is 7. The molecule has 0 bridgehead atoms. The number of aryl methyl sites for hydroxylation is 1. The molecule has 0 saturated carbocycles. The lowest BCUT2D eigenvalue weighted by Crippen LogP contribution is -2.50. The molecule has 1 aromatic heterocycles. The summed E-state index contributed by atoms with van der Waals surface area (Å²) in [7, 11) is 1.79.